The van der Waals surface area contributed by atoms with Crippen LogP contribution in [0.1, 0.15) is 0 Å². The summed E-state index contributed by atoms with van der Waals surface area (Å²) in [6.45, 7) is 0. The van der Waals surface area contributed by atoms with Crippen LogP contribution < -0.4 is 5.09 Å². The summed E-state index contributed by atoms with van der Waals surface area (Å²) in [6, 6.07) is 6.37. The van der Waals surface area contributed by atoms with Gasteiger partial charge >= 0.3 is 7.75 Å². The Labute approximate surface area is 75.2 Å². The van der Waals surface area contributed by atoms with Gasteiger partial charge in [0.25, 0.3) is 0 Å². The minimum atomic E-state index is -4.18. The first-order valence-corrected chi connectivity index (χ1v) is 5.16. The van der Waals surface area contributed by atoms with Crippen molar-refractivity contribution < 1.29 is 14.4 Å². The van der Waals surface area contributed by atoms with E-state index in [4.69, 9.17) is 9.79 Å². The van der Waals surface area contributed by atoms with Crippen molar-refractivity contribution >= 4 is 26.1 Å². The third-order valence-corrected chi connectivity index (χ3v) is 1.99. The van der Waals surface area contributed by atoms with E-state index in [0.717, 1.165) is 4.90 Å². The maximum absolute atomic E-state index is 10.4. The molecule has 0 aliphatic carbocycles. The van der Waals surface area contributed by atoms with Gasteiger partial charge in [0.1, 0.15) is 0 Å². The van der Waals surface area contributed by atoms with Crippen LogP contribution in [0.3, 0.4) is 0 Å². The monoisotopic (exact) mass is 205 g/mol. The molecule has 66 valence electrons. The highest BCUT2D eigenvalue weighted by molar-refractivity contribution is 7.80. The third-order valence-electron chi connectivity index (χ3n) is 1.14. The van der Waals surface area contributed by atoms with Gasteiger partial charge in [0, 0.05) is 10.6 Å². The zero-order chi connectivity index (χ0) is 9.19. The molecule has 1 rings (SSSR count). The molecular weight excluding hydrogens is 197 g/mol. The Kier molecular flexibility index (Phi) is 2.80. The molecule has 0 atom stereocenters. The van der Waals surface area contributed by atoms with Crippen LogP contribution in [-0.2, 0) is 4.57 Å². The van der Waals surface area contributed by atoms with Crippen LogP contribution in [0.2, 0.25) is 0 Å². The summed E-state index contributed by atoms with van der Waals surface area (Å²) in [5.41, 5.74) is 0.376. The quantitative estimate of drug-likeness (QED) is 0.436. The first-order chi connectivity index (χ1) is 5.47. The van der Waals surface area contributed by atoms with Gasteiger partial charge in [-0.25, -0.2) is 4.57 Å². The van der Waals surface area contributed by atoms with Gasteiger partial charge in [0.15, 0.2) is 0 Å². The molecule has 0 amide bonds. The average Bonchev–Trinajstić information content (AvgIpc) is 1.91. The van der Waals surface area contributed by atoms with Gasteiger partial charge in [-0.15, -0.1) is 12.6 Å². The Hall–Kier alpha value is -0.480. The summed E-state index contributed by atoms with van der Waals surface area (Å²) >= 11 is 4.02. The number of benzene rings is 1. The maximum Gasteiger partial charge on any atom is 0.427 e. The lowest BCUT2D eigenvalue weighted by atomic mass is 10.3. The molecule has 0 aliphatic heterocycles. The van der Waals surface area contributed by atoms with E-state index in [2.05, 4.69) is 12.6 Å². The van der Waals surface area contributed by atoms with Crippen molar-refractivity contribution in [2.75, 3.05) is 5.09 Å². The van der Waals surface area contributed by atoms with Gasteiger partial charge in [0.05, 0.1) is 0 Å². The van der Waals surface area contributed by atoms with Crippen LogP contribution in [0.4, 0.5) is 5.69 Å². The molecule has 0 unspecified atom stereocenters. The van der Waals surface area contributed by atoms with Crippen molar-refractivity contribution in [2.24, 2.45) is 0 Å². The van der Waals surface area contributed by atoms with Crippen molar-refractivity contribution in [2.45, 2.75) is 4.90 Å². The van der Waals surface area contributed by atoms with Gasteiger partial charge < -0.3 is 9.79 Å². The Morgan fingerprint density at radius 3 is 2.17 bits per heavy atom. The van der Waals surface area contributed by atoms with Gasteiger partial charge in [-0.1, -0.05) is 0 Å². The molecule has 1 aromatic rings. The number of anilines is 1. The SMILES string of the molecule is O=P(O)(O)Nc1ccc(S)cc1. The number of rotatable bonds is 2. The smallest absolute Gasteiger partial charge is 0.308 e. The molecule has 0 heterocycles. The normalized spacial score (nSPS) is 11.2. The van der Waals surface area contributed by atoms with Gasteiger partial charge in [0.2, 0.25) is 0 Å². The zero-order valence-electron chi connectivity index (χ0n) is 6.01. The van der Waals surface area contributed by atoms with Crippen molar-refractivity contribution in [3.05, 3.63) is 24.3 Å². The van der Waals surface area contributed by atoms with E-state index in [-0.39, 0.29) is 0 Å². The highest BCUT2D eigenvalue weighted by Gasteiger charge is 2.11. The number of hydrogen-bond donors (Lipinski definition) is 4. The highest BCUT2D eigenvalue weighted by Crippen LogP contribution is 2.35. The number of thiol groups is 1. The largest absolute Gasteiger partial charge is 0.427 e. The number of hydrogen-bond acceptors (Lipinski definition) is 2. The standard InChI is InChI=1S/C6H8NO3PS/c8-11(9,10)7-5-1-3-6(12)4-2-5/h1-4,12H,(H3,7,8,9,10). The molecule has 4 nitrogen and oxygen atoms in total. The van der Waals surface area contributed by atoms with Crippen LogP contribution in [0, 0.1) is 0 Å². The van der Waals surface area contributed by atoms with E-state index in [0.29, 0.717) is 5.69 Å². The topological polar surface area (TPSA) is 69.6 Å². The molecule has 0 saturated carbocycles. The van der Waals surface area contributed by atoms with E-state index in [9.17, 15) is 4.57 Å². The summed E-state index contributed by atoms with van der Waals surface area (Å²) in [7, 11) is -4.18. The summed E-state index contributed by atoms with van der Waals surface area (Å²) in [5.74, 6) is 0. The molecule has 3 N–H and O–H groups in total. The van der Waals surface area contributed by atoms with Crippen LogP contribution in [0.25, 0.3) is 0 Å². The predicted molar refractivity (Wildman–Crippen MR) is 49.4 cm³/mol. The van der Waals surface area contributed by atoms with Crippen LogP contribution >= 0.6 is 20.4 Å². The van der Waals surface area contributed by atoms with Crippen molar-refractivity contribution in [1.29, 1.82) is 0 Å². The fraction of sp³-hybridized carbons (Fsp3) is 0. The molecule has 0 aliphatic rings. The van der Waals surface area contributed by atoms with Crippen LogP contribution in [0.5, 0.6) is 0 Å². The Balaban J connectivity index is 2.78. The van der Waals surface area contributed by atoms with Gasteiger partial charge in [-0.05, 0) is 24.3 Å². The molecular formula is C6H8NO3PS. The van der Waals surface area contributed by atoms with Gasteiger partial charge in [-0.3, -0.25) is 5.09 Å². The van der Waals surface area contributed by atoms with Crippen LogP contribution in [-0.4, -0.2) is 9.79 Å². The lowest BCUT2D eigenvalue weighted by Crippen LogP contribution is -1.93. The molecule has 0 fully saturated rings. The molecule has 0 bridgehead atoms. The summed E-state index contributed by atoms with van der Waals surface area (Å²) in [6.07, 6.45) is 0. The van der Waals surface area contributed by atoms with E-state index in [1.54, 1.807) is 24.3 Å². The third kappa shape index (κ3) is 3.28. The second-order valence-corrected chi connectivity index (χ2v) is 4.03. The molecule has 6 heteroatoms. The minimum Gasteiger partial charge on any atom is -0.308 e. The van der Waals surface area contributed by atoms with Gasteiger partial charge in [-0.2, -0.15) is 0 Å². The van der Waals surface area contributed by atoms with E-state index in [1.165, 1.54) is 0 Å². The Morgan fingerprint density at radius 1 is 1.25 bits per heavy atom. The molecule has 0 spiro atoms. The average molecular weight is 205 g/mol. The second-order valence-electron chi connectivity index (χ2n) is 2.20. The minimum absolute atomic E-state index is 0.376. The van der Waals surface area contributed by atoms with Crippen molar-refractivity contribution in [3.63, 3.8) is 0 Å². The zero-order valence-corrected chi connectivity index (χ0v) is 7.80. The maximum atomic E-state index is 10.4. The number of nitrogens with one attached hydrogen (secondary N) is 1. The summed E-state index contributed by atoms with van der Waals surface area (Å²) < 4.78 is 10.4. The first-order valence-electron chi connectivity index (χ1n) is 3.10. The molecule has 1 aromatic carbocycles. The first kappa shape index (κ1) is 9.61. The fourth-order valence-corrected chi connectivity index (χ4v) is 1.34. The summed E-state index contributed by atoms with van der Waals surface area (Å²) in [4.78, 5) is 17.8. The van der Waals surface area contributed by atoms with Crippen molar-refractivity contribution in [1.82, 2.24) is 0 Å². The van der Waals surface area contributed by atoms with Crippen molar-refractivity contribution in [3.8, 4) is 0 Å². The fourth-order valence-electron chi connectivity index (χ4n) is 0.704. The second kappa shape index (κ2) is 3.49. The molecule has 0 saturated heterocycles. The lowest BCUT2D eigenvalue weighted by Gasteiger charge is -2.06. The van der Waals surface area contributed by atoms with E-state index < -0.39 is 7.75 Å². The summed E-state index contributed by atoms with van der Waals surface area (Å²) in [5, 5.41) is 2.04. The molecule has 0 radical (unpaired) electrons. The highest BCUT2D eigenvalue weighted by atomic mass is 32.1. The molecule has 0 aromatic heterocycles. The Bertz CT molecular complexity index is 307. The van der Waals surface area contributed by atoms with Crippen LogP contribution in [0.15, 0.2) is 29.2 Å². The molecule has 12 heavy (non-hydrogen) atoms. The van der Waals surface area contributed by atoms with E-state index >= 15 is 0 Å². The Morgan fingerprint density at radius 2 is 1.75 bits per heavy atom. The predicted octanol–water partition coefficient (Wildman–Crippen LogP) is 1.48. The van der Waals surface area contributed by atoms with E-state index in [1.807, 2.05) is 5.09 Å². The lowest BCUT2D eigenvalue weighted by molar-refractivity contribution is 0.380.